The van der Waals surface area contributed by atoms with E-state index in [2.05, 4.69) is 9.72 Å². The topological polar surface area (TPSA) is 65.2 Å². The molecule has 4 nitrogen and oxygen atoms in total. The number of aromatic nitrogens is 1. The molecule has 0 radical (unpaired) electrons. The fourth-order valence-electron chi connectivity index (χ4n) is 1.26. The van der Waals surface area contributed by atoms with Crippen LogP contribution < -0.4 is 5.73 Å². The van der Waals surface area contributed by atoms with Gasteiger partial charge in [0.25, 0.3) is 0 Å². The fraction of sp³-hybridized carbons (Fsp3) is 0.400. The van der Waals surface area contributed by atoms with Gasteiger partial charge in [-0.05, 0) is 18.6 Å². The van der Waals surface area contributed by atoms with Crippen molar-refractivity contribution in [1.82, 2.24) is 4.98 Å². The van der Waals surface area contributed by atoms with Crippen molar-refractivity contribution in [2.45, 2.75) is 19.5 Å². The second-order valence-corrected chi connectivity index (χ2v) is 3.22. The number of nitrogen functional groups attached to an aromatic ring is 1. The molecule has 0 atom stereocenters. The molecule has 1 aromatic heterocycles. The third-order valence-electron chi connectivity index (χ3n) is 1.91. The molecule has 7 heteroatoms. The molecule has 0 aliphatic carbocycles. The molecule has 0 saturated heterocycles. The van der Waals surface area contributed by atoms with Crippen molar-refractivity contribution in [3.05, 3.63) is 23.4 Å². The molecule has 0 amide bonds. The number of pyridine rings is 1. The van der Waals surface area contributed by atoms with Crippen molar-refractivity contribution in [2.24, 2.45) is 0 Å². The molecule has 0 aromatic carbocycles. The molecule has 1 aromatic rings. The Morgan fingerprint density at radius 3 is 2.65 bits per heavy atom. The van der Waals surface area contributed by atoms with Crippen LogP contribution >= 0.6 is 0 Å². The lowest BCUT2D eigenvalue weighted by Gasteiger charge is -2.11. The van der Waals surface area contributed by atoms with Gasteiger partial charge in [0.2, 0.25) is 0 Å². The predicted molar refractivity (Wildman–Crippen MR) is 54.0 cm³/mol. The summed E-state index contributed by atoms with van der Waals surface area (Å²) in [6, 6.07) is 2.34. The Morgan fingerprint density at radius 1 is 1.47 bits per heavy atom. The summed E-state index contributed by atoms with van der Waals surface area (Å²) < 4.78 is 42.4. The van der Waals surface area contributed by atoms with Gasteiger partial charge in [-0.2, -0.15) is 13.2 Å². The predicted octanol–water partition coefficient (Wildman–Crippen LogP) is 1.79. The van der Waals surface area contributed by atoms with Crippen molar-refractivity contribution in [2.75, 3.05) is 12.3 Å². The van der Waals surface area contributed by atoms with E-state index >= 15 is 0 Å². The summed E-state index contributed by atoms with van der Waals surface area (Å²) in [6.07, 6.45) is -5.12. The molecule has 0 aliphatic rings. The maximum Gasteiger partial charge on any atom is 0.433 e. The molecule has 94 valence electrons. The average molecular weight is 248 g/mol. The number of nitrogens with two attached hydrogens (primary N) is 1. The second-order valence-electron chi connectivity index (χ2n) is 3.22. The first-order valence-electron chi connectivity index (χ1n) is 4.82. The van der Waals surface area contributed by atoms with Crippen molar-refractivity contribution < 1.29 is 22.7 Å². The van der Waals surface area contributed by atoms with E-state index in [4.69, 9.17) is 5.73 Å². The van der Waals surface area contributed by atoms with Crippen LogP contribution in [0.4, 0.5) is 19.0 Å². The lowest BCUT2D eigenvalue weighted by atomic mass is 10.1. The number of anilines is 1. The number of carbonyl (C=O) groups excluding carboxylic acids is 1. The Balaban J connectivity index is 3.03. The summed E-state index contributed by atoms with van der Waals surface area (Å²) in [5, 5.41) is 0. The Bertz CT molecular complexity index is 419. The Kier molecular flexibility index (Phi) is 3.93. The number of nitrogens with zero attached hydrogens (tertiary/aromatic N) is 1. The van der Waals surface area contributed by atoms with Gasteiger partial charge in [-0.1, -0.05) is 6.07 Å². The first-order chi connectivity index (χ1) is 7.84. The number of carbonyl (C=O) groups is 1. The highest BCUT2D eigenvalue weighted by atomic mass is 19.4. The quantitative estimate of drug-likeness (QED) is 0.828. The third-order valence-corrected chi connectivity index (χ3v) is 1.91. The van der Waals surface area contributed by atoms with Gasteiger partial charge in [-0.3, -0.25) is 4.79 Å². The summed E-state index contributed by atoms with van der Waals surface area (Å²) >= 11 is 0. The summed E-state index contributed by atoms with van der Waals surface area (Å²) in [5.41, 5.74) is 3.79. The van der Waals surface area contributed by atoms with Crippen LogP contribution in [0.25, 0.3) is 0 Å². The number of ether oxygens (including phenoxy) is 1. The van der Waals surface area contributed by atoms with Gasteiger partial charge in [-0.15, -0.1) is 0 Å². The summed E-state index contributed by atoms with van der Waals surface area (Å²) in [7, 11) is 0. The minimum Gasteiger partial charge on any atom is -0.466 e. The second kappa shape index (κ2) is 5.03. The number of alkyl halides is 3. The van der Waals surface area contributed by atoms with Crippen LogP contribution in [0, 0.1) is 0 Å². The Hall–Kier alpha value is -1.79. The normalized spacial score (nSPS) is 11.3. The molecule has 1 heterocycles. The van der Waals surface area contributed by atoms with Crippen molar-refractivity contribution in [3.8, 4) is 0 Å². The van der Waals surface area contributed by atoms with Crippen LogP contribution in [-0.2, 0) is 22.1 Å². The highest BCUT2D eigenvalue weighted by Crippen LogP contribution is 2.31. The van der Waals surface area contributed by atoms with Crippen molar-refractivity contribution in [1.29, 1.82) is 0 Å². The monoisotopic (exact) mass is 248 g/mol. The lowest BCUT2D eigenvalue weighted by Crippen LogP contribution is -2.17. The van der Waals surface area contributed by atoms with E-state index in [0.717, 1.165) is 6.07 Å². The average Bonchev–Trinajstić information content (AvgIpc) is 2.19. The minimum atomic E-state index is -4.64. The smallest absolute Gasteiger partial charge is 0.433 e. The summed E-state index contributed by atoms with van der Waals surface area (Å²) in [6.45, 7) is 1.69. The number of esters is 1. The molecular weight excluding hydrogens is 237 g/mol. The summed E-state index contributed by atoms with van der Waals surface area (Å²) in [5.74, 6) is -0.977. The van der Waals surface area contributed by atoms with E-state index in [1.54, 1.807) is 6.92 Å². The molecular formula is C10H11F3N2O2. The van der Waals surface area contributed by atoms with Gasteiger partial charge >= 0.3 is 12.1 Å². The van der Waals surface area contributed by atoms with E-state index in [9.17, 15) is 18.0 Å². The zero-order chi connectivity index (χ0) is 13.1. The third kappa shape index (κ3) is 3.61. The van der Waals surface area contributed by atoms with Crippen molar-refractivity contribution in [3.63, 3.8) is 0 Å². The molecule has 0 unspecified atom stereocenters. The van der Waals surface area contributed by atoms with Gasteiger partial charge in [0.05, 0.1) is 13.0 Å². The zero-order valence-electron chi connectivity index (χ0n) is 9.04. The highest BCUT2D eigenvalue weighted by molar-refractivity contribution is 5.73. The summed E-state index contributed by atoms with van der Waals surface area (Å²) in [4.78, 5) is 14.3. The van der Waals surface area contributed by atoms with Crippen LogP contribution in [0.1, 0.15) is 18.2 Å². The molecule has 0 fully saturated rings. The van der Waals surface area contributed by atoms with Crippen molar-refractivity contribution >= 4 is 11.8 Å². The van der Waals surface area contributed by atoms with Gasteiger partial charge in [0.15, 0.2) is 5.69 Å². The van der Waals surface area contributed by atoms with Gasteiger partial charge in [0.1, 0.15) is 5.82 Å². The zero-order valence-corrected chi connectivity index (χ0v) is 9.04. The van der Waals surface area contributed by atoms with Crippen LogP contribution in [0.2, 0.25) is 0 Å². The minimum absolute atomic E-state index is 0.114. The van der Waals surface area contributed by atoms with Gasteiger partial charge in [0, 0.05) is 0 Å². The van der Waals surface area contributed by atoms with Crippen LogP contribution in [0.3, 0.4) is 0 Å². The maximum atomic E-state index is 12.6. The van der Waals surface area contributed by atoms with E-state index in [1.165, 1.54) is 6.07 Å². The maximum absolute atomic E-state index is 12.6. The molecule has 0 aliphatic heterocycles. The molecule has 0 spiro atoms. The molecule has 0 saturated carbocycles. The first-order valence-corrected chi connectivity index (χ1v) is 4.82. The first kappa shape index (κ1) is 13.3. The molecule has 0 bridgehead atoms. The van der Waals surface area contributed by atoms with E-state index in [1.807, 2.05) is 0 Å². The van der Waals surface area contributed by atoms with E-state index in [0.29, 0.717) is 0 Å². The number of hydrogen-bond acceptors (Lipinski definition) is 4. The SMILES string of the molecule is CCOC(=O)Cc1ccc(N)nc1C(F)(F)F. The van der Waals surface area contributed by atoms with E-state index in [-0.39, 0.29) is 18.0 Å². The largest absolute Gasteiger partial charge is 0.466 e. The van der Waals surface area contributed by atoms with Gasteiger partial charge < -0.3 is 10.5 Å². The molecule has 2 N–H and O–H groups in total. The van der Waals surface area contributed by atoms with Crippen LogP contribution in [0.15, 0.2) is 12.1 Å². The van der Waals surface area contributed by atoms with Crippen LogP contribution in [-0.4, -0.2) is 17.6 Å². The molecule has 17 heavy (non-hydrogen) atoms. The standard InChI is InChI=1S/C10H11F3N2O2/c1-2-17-8(16)5-6-3-4-7(14)15-9(6)10(11,12)13/h3-4H,2,5H2,1H3,(H2,14,15). The molecule has 1 rings (SSSR count). The van der Waals surface area contributed by atoms with Gasteiger partial charge in [-0.25, -0.2) is 4.98 Å². The number of halogens is 3. The Morgan fingerprint density at radius 2 is 2.12 bits per heavy atom. The number of hydrogen-bond donors (Lipinski definition) is 1. The highest BCUT2D eigenvalue weighted by Gasteiger charge is 2.36. The van der Waals surface area contributed by atoms with E-state index < -0.39 is 24.3 Å². The number of rotatable bonds is 3. The Labute approximate surface area is 95.6 Å². The lowest BCUT2D eigenvalue weighted by molar-refractivity contribution is -0.144. The fourth-order valence-corrected chi connectivity index (χ4v) is 1.26. The van der Waals surface area contributed by atoms with Crippen LogP contribution in [0.5, 0.6) is 0 Å².